The van der Waals surface area contributed by atoms with Gasteiger partial charge in [0.2, 0.25) is 0 Å². The summed E-state index contributed by atoms with van der Waals surface area (Å²) < 4.78 is 9.21. The molecule has 0 radical (unpaired) electrons. The molecule has 0 fully saturated rings. The van der Waals surface area contributed by atoms with Crippen molar-refractivity contribution in [1.82, 2.24) is 14.2 Å². The van der Waals surface area contributed by atoms with Crippen molar-refractivity contribution in [2.45, 2.75) is 20.4 Å². The summed E-state index contributed by atoms with van der Waals surface area (Å²) in [5, 5.41) is 4.52. The van der Waals surface area contributed by atoms with Gasteiger partial charge in [0.1, 0.15) is 5.65 Å². The van der Waals surface area contributed by atoms with Crippen LogP contribution in [-0.4, -0.2) is 14.2 Å². The van der Waals surface area contributed by atoms with Crippen LogP contribution in [0.1, 0.15) is 13.8 Å². The second-order valence-electron chi connectivity index (χ2n) is 4.69. The monoisotopic (exact) mass is 229 g/mol. The number of rotatable bonds is 3. The summed E-state index contributed by atoms with van der Waals surface area (Å²) in [6.45, 7) is 5.43. The first-order chi connectivity index (χ1) is 8.24. The van der Waals surface area contributed by atoms with Gasteiger partial charge in [0, 0.05) is 30.6 Å². The van der Waals surface area contributed by atoms with E-state index < -0.39 is 0 Å². The number of furan rings is 1. The van der Waals surface area contributed by atoms with Crippen LogP contribution in [0, 0.1) is 5.92 Å². The molecule has 0 unspecified atom stereocenters. The van der Waals surface area contributed by atoms with Gasteiger partial charge in [-0.25, -0.2) is 4.52 Å². The van der Waals surface area contributed by atoms with Gasteiger partial charge in [-0.2, -0.15) is 5.10 Å². The Hall–Kier alpha value is -1.97. The summed E-state index contributed by atoms with van der Waals surface area (Å²) in [5.74, 6) is 0.624. The molecule has 17 heavy (non-hydrogen) atoms. The summed E-state index contributed by atoms with van der Waals surface area (Å²) in [5.41, 5.74) is 3.09. The minimum absolute atomic E-state index is 0.624. The van der Waals surface area contributed by atoms with Crippen molar-refractivity contribution in [3.8, 4) is 11.3 Å². The average Bonchev–Trinajstić information content (AvgIpc) is 2.93. The van der Waals surface area contributed by atoms with Crippen LogP contribution in [-0.2, 0) is 6.54 Å². The molecular formula is C13H15N3O. The van der Waals surface area contributed by atoms with E-state index in [0.29, 0.717) is 5.92 Å². The normalized spacial score (nSPS) is 11.7. The van der Waals surface area contributed by atoms with Gasteiger partial charge in [0.15, 0.2) is 0 Å². The summed E-state index contributed by atoms with van der Waals surface area (Å²) in [6, 6.07) is 4.02. The Morgan fingerprint density at radius 2 is 2.24 bits per heavy atom. The smallest absolute Gasteiger partial charge is 0.136 e. The minimum atomic E-state index is 0.624. The third-order valence-electron chi connectivity index (χ3n) is 2.78. The topological polar surface area (TPSA) is 35.4 Å². The fraction of sp³-hybridized carbons (Fsp3) is 0.308. The number of fused-ring (bicyclic) bond motifs is 1. The third kappa shape index (κ3) is 1.75. The Balaban J connectivity index is 2.05. The molecule has 0 atom stereocenters. The maximum Gasteiger partial charge on any atom is 0.136 e. The Morgan fingerprint density at radius 1 is 1.35 bits per heavy atom. The standard InChI is InChI=1S/C13H15N3O/c1-10(2)8-15-4-5-16-13(15)7-12(14-16)11-3-6-17-9-11/h3-7,9-10H,8H2,1-2H3. The summed E-state index contributed by atoms with van der Waals surface area (Å²) in [7, 11) is 0. The number of nitrogens with zero attached hydrogens (tertiary/aromatic N) is 3. The zero-order chi connectivity index (χ0) is 11.8. The van der Waals surface area contributed by atoms with Gasteiger partial charge in [-0.1, -0.05) is 13.8 Å². The lowest BCUT2D eigenvalue weighted by molar-refractivity contribution is 0.533. The van der Waals surface area contributed by atoms with Crippen LogP contribution in [0.4, 0.5) is 0 Å². The molecule has 4 heteroatoms. The number of aromatic nitrogens is 3. The molecule has 0 saturated heterocycles. The number of hydrogen-bond acceptors (Lipinski definition) is 2. The van der Waals surface area contributed by atoms with Crippen molar-refractivity contribution in [3.63, 3.8) is 0 Å². The molecule has 0 aliphatic heterocycles. The Morgan fingerprint density at radius 3 is 2.94 bits per heavy atom. The van der Waals surface area contributed by atoms with E-state index in [-0.39, 0.29) is 0 Å². The minimum Gasteiger partial charge on any atom is -0.472 e. The molecule has 0 amide bonds. The predicted octanol–water partition coefficient (Wildman–Crippen LogP) is 3.05. The molecule has 3 rings (SSSR count). The quantitative estimate of drug-likeness (QED) is 0.692. The molecule has 0 saturated carbocycles. The molecule has 0 aromatic carbocycles. The van der Waals surface area contributed by atoms with Gasteiger partial charge in [0.05, 0.1) is 18.2 Å². The second kappa shape index (κ2) is 3.80. The SMILES string of the molecule is CC(C)Cn1ccn2nc(-c3ccoc3)cc12. The summed E-state index contributed by atoms with van der Waals surface area (Å²) in [6.07, 6.45) is 7.44. The van der Waals surface area contributed by atoms with Crippen LogP contribution in [0.2, 0.25) is 0 Å². The van der Waals surface area contributed by atoms with Gasteiger partial charge >= 0.3 is 0 Å². The van der Waals surface area contributed by atoms with E-state index in [4.69, 9.17) is 4.42 Å². The second-order valence-corrected chi connectivity index (χ2v) is 4.69. The lowest BCUT2D eigenvalue weighted by Gasteiger charge is -2.05. The van der Waals surface area contributed by atoms with Crippen LogP contribution >= 0.6 is 0 Å². The van der Waals surface area contributed by atoms with Gasteiger partial charge in [-0.05, 0) is 12.0 Å². The predicted molar refractivity (Wildman–Crippen MR) is 65.7 cm³/mol. The van der Waals surface area contributed by atoms with Gasteiger partial charge in [-0.3, -0.25) is 0 Å². The van der Waals surface area contributed by atoms with Gasteiger partial charge < -0.3 is 8.98 Å². The van der Waals surface area contributed by atoms with Crippen molar-refractivity contribution >= 4 is 5.65 Å². The molecule has 0 aliphatic carbocycles. The van der Waals surface area contributed by atoms with Crippen molar-refractivity contribution in [1.29, 1.82) is 0 Å². The number of imidazole rings is 1. The van der Waals surface area contributed by atoms with Crippen LogP contribution in [0.5, 0.6) is 0 Å². The molecule has 88 valence electrons. The van der Waals surface area contributed by atoms with Crippen molar-refractivity contribution in [3.05, 3.63) is 37.1 Å². The molecule has 3 aromatic heterocycles. The molecule has 0 aliphatic rings. The molecule has 4 nitrogen and oxygen atoms in total. The summed E-state index contributed by atoms with van der Waals surface area (Å²) >= 11 is 0. The van der Waals surface area contributed by atoms with E-state index in [1.807, 2.05) is 16.8 Å². The van der Waals surface area contributed by atoms with Crippen molar-refractivity contribution in [2.24, 2.45) is 5.92 Å². The first-order valence-electron chi connectivity index (χ1n) is 5.81. The Kier molecular flexibility index (Phi) is 2.28. The number of hydrogen-bond donors (Lipinski definition) is 0. The highest BCUT2D eigenvalue weighted by Crippen LogP contribution is 2.20. The highest BCUT2D eigenvalue weighted by Gasteiger charge is 2.09. The van der Waals surface area contributed by atoms with Crippen molar-refractivity contribution < 1.29 is 4.42 Å². The van der Waals surface area contributed by atoms with E-state index in [9.17, 15) is 0 Å². The summed E-state index contributed by atoms with van der Waals surface area (Å²) in [4.78, 5) is 0. The first-order valence-corrected chi connectivity index (χ1v) is 5.81. The first kappa shape index (κ1) is 10.2. The van der Waals surface area contributed by atoms with E-state index in [2.05, 4.69) is 35.8 Å². The molecule has 0 spiro atoms. The van der Waals surface area contributed by atoms with Crippen LogP contribution in [0.15, 0.2) is 41.5 Å². The Bertz CT molecular complexity index is 616. The largest absolute Gasteiger partial charge is 0.472 e. The third-order valence-corrected chi connectivity index (χ3v) is 2.78. The zero-order valence-corrected chi connectivity index (χ0v) is 10.00. The highest BCUT2D eigenvalue weighted by atomic mass is 16.3. The fourth-order valence-electron chi connectivity index (χ4n) is 2.03. The molecular weight excluding hydrogens is 214 g/mol. The highest BCUT2D eigenvalue weighted by molar-refractivity contribution is 5.63. The lowest BCUT2D eigenvalue weighted by atomic mass is 10.2. The van der Waals surface area contributed by atoms with Crippen LogP contribution in [0.25, 0.3) is 16.9 Å². The zero-order valence-electron chi connectivity index (χ0n) is 10.00. The molecule has 3 aromatic rings. The van der Waals surface area contributed by atoms with Crippen LogP contribution in [0.3, 0.4) is 0 Å². The van der Waals surface area contributed by atoms with E-state index >= 15 is 0 Å². The molecule has 0 bridgehead atoms. The maximum absolute atomic E-state index is 5.08. The van der Waals surface area contributed by atoms with E-state index in [1.54, 1.807) is 12.5 Å². The maximum atomic E-state index is 5.08. The van der Waals surface area contributed by atoms with Gasteiger partial charge in [0.25, 0.3) is 0 Å². The fourth-order valence-corrected chi connectivity index (χ4v) is 2.03. The van der Waals surface area contributed by atoms with Crippen molar-refractivity contribution in [2.75, 3.05) is 0 Å². The van der Waals surface area contributed by atoms with Gasteiger partial charge in [-0.15, -0.1) is 0 Å². The van der Waals surface area contributed by atoms with Crippen LogP contribution < -0.4 is 0 Å². The molecule has 0 N–H and O–H groups in total. The molecule has 3 heterocycles. The van der Waals surface area contributed by atoms with E-state index in [1.165, 1.54) is 0 Å². The Labute approximate surface area is 99.5 Å². The average molecular weight is 229 g/mol. The van der Waals surface area contributed by atoms with E-state index in [0.717, 1.165) is 23.4 Å². The lowest BCUT2D eigenvalue weighted by Crippen LogP contribution is -2.02.